The standard InChI is InChI=1S/C13H13ClN4O/c14-13-17-11-7-15-6-5-10(11)12(18-13)16-8-1-3-9(19)4-2-8/h1-4,15,19H,5-7H2,(H,16,17,18). The number of benzene rings is 1. The van der Waals surface area contributed by atoms with Crippen molar-refractivity contribution >= 4 is 23.1 Å². The van der Waals surface area contributed by atoms with Gasteiger partial charge in [-0.05, 0) is 48.8 Å². The molecule has 0 fully saturated rings. The molecule has 98 valence electrons. The van der Waals surface area contributed by atoms with Crippen LogP contribution in [0.4, 0.5) is 11.5 Å². The molecule has 19 heavy (non-hydrogen) atoms. The summed E-state index contributed by atoms with van der Waals surface area (Å²) >= 11 is 5.94. The SMILES string of the molecule is Oc1ccc(Nc2nc(Cl)nc3c2CCNC3)cc1. The minimum Gasteiger partial charge on any atom is -0.508 e. The van der Waals surface area contributed by atoms with E-state index in [9.17, 15) is 5.11 Å². The van der Waals surface area contributed by atoms with Crippen molar-refractivity contribution in [3.8, 4) is 5.75 Å². The number of aromatic nitrogens is 2. The molecule has 1 aromatic carbocycles. The maximum atomic E-state index is 9.28. The van der Waals surface area contributed by atoms with E-state index in [-0.39, 0.29) is 11.0 Å². The van der Waals surface area contributed by atoms with Crippen molar-refractivity contribution < 1.29 is 5.11 Å². The highest BCUT2D eigenvalue weighted by molar-refractivity contribution is 6.28. The molecule has 0 spiro atoms. The molecule has 3 rings (SSSR count). The molecule has 2 aromatic rings. The number of phenolic OH excluding ortho intramolecular Hbond substituents is 1. The predicted octanol–water partition coefficient (Wildman–Crippen LogP) is 2.22. The lowest BCUT2D eigenvalue weighted by molar-refractivity contribution is 0.475. The van der Waals surface area contributed by atoms with Gasteiger partial charge in [-0.2, -0.15) is 0 Å². The summed E-state index contributed by atoms with van der Waals surface area (Å²) in [7, 11) is 0. The van der Waals surface area contributed by atoms with Crippen molar-refractivity contribution in [2.75, 3.05) is 11.9 Å². The van der Waals surface area contributed by atoms with Crippen molar-refractivity contribution in [2.45, 2.75) is 13.0 Å². The van der Waals surface area contributed by atoms with Gasteiger partial charge in [0, 0.05) is 17.8 Å². The van der Waals surface area contributed by atoms with Crippen LogP contribution in [0.3, 0.4) is 0 Å². The largest absolute Gasteiger partial charge is 0.508 e. The Morgan fingerprint density at radius 2 is 2.00 bits per heavy atom. The molecule has 2 heterocycles. The van der Waals surface area contributed by atoms with Gasteiger partial charge in [0.15, 0.2) is 0 Å². The Morgan fingerprint density at radius 3 is 2.79 bits per heavy atom. The van der Waals surface area contributed by atoms with Crippen LogP contribution >= 0.6 is 11.6 Å². The van der Waals surface area contributed by atoms with Crippen LogP contribution in [0, 0.1) is 0 Å². The highest BCUT2D eigenvalue weighted by Crippen LogP contribution is 2.25. The van der Waals surface area contributed by atoms with E-state index < -0.39 is 0 Å². The summed E-state index contributed by atoms with van der Waals surface area (Å²) in [5.74, 6) is 0.972. The minimum atomic E-state index is 0.234. The van der Waals surface area contributed by atoms with Gasteiger partial charge in [0.05, 0.1) is 5.69 Å². The van der Waals surface area contributed by atoms with E-state index in [1.54, 1.807) is 24.3 Å². The summed E-state index contributed by atoms with van der Waals surface area (Å²) in [6.45, 7) is 1.62. The van der Waals surface area contributed by atoms with Gasteiger partial charge in [0.25, 0.3) is 0 Å². The molecule has 5 nitrogen and oxygen atoms in total. The number of hydrogen-bond donors (Lipinski definition) is 3. The van der Waals surface area contributed by atoms with Crippen LogP contribution in [0.1, 0.15) is 11.3 Å². The molecule has 0 atom stereocenters. The number of anilines is 2. The Labute approximate surface area is 115 Å². The lowest BCUT2D eigenvalue weighted by atomic mass is 10.1. The van der Waals surface area contributed by atoms with Crippen molar-refractivity contribution in [1.82, 2.24) is 15.3 Å². The van der Waals surface area contributed by atoms with Crippen LogP contribution in [0.15, 0.2) is 24.3 Å². The van der Waals surface area contributed by atoms with Crippen molar-refractivity contribution in [3.05, 3.63) is 40.8 Å². The summed E-state index contributed by atoms with van der Waals surface area (Å²) in [6, 6.07) is 6.83. The fourth-order valence-electron chi connectivity index (χ4n) is 2.11. The molecule has 0 unspecified atom stereocenters. The number of hydrogen-bond acceptors (Lipinski definition) is 5. The van der Waals surface area contributed by atoms with Crippen LogP contribution in [0.5, 0.6) is 5.75 Å². The summed E-state index contributed by atoms with van der Waals surface area (Å²) in [5.41, 5.74) is 2.89. The third kappa shape index (κ3) is 2.62. The van der Waals surface area contributed by atoms with Crippen LogP contribution in [-0.4, -0.2) is 21.6 Å². The van der Waals surface area contributed by atoms with Gasteiger partial charge < -0.3 is 15.7 Å². The smallest absolute Gasteiger partial charge is 0.224 e. The van der Waals surface area contributed by atoms with Crippen molar-refractivity contribution in [2.24, 2.45) is 0 Å². The first-order valence-electron chi connectivity index (χ1n) is 6.04. The van der Waals surface area contributed by atoms with Crippen LogP contribution < -0.4 is 10.6 Å². The second-order valence-electron chi connectivity index (χ2n) is 4.37. The van der Waals surface area contributed by atoms with Gasteiger partial charge in [0.1, 0.15) is 11.6 Å². The maximum Gasteiger partial charge on any atom is 0.224 e. The Kier molecular flexibility index (Phi) is 3.23. The zero-order valence-corrected chi connectivity index (χ0v) is 10.9. The molecular formula is C13H13ClN4O. The molecule has 0 saturated carbocycles. The average molecular weight is 277 g/mol. The van der Waals surface area contributed by atoms with Gasteiger partial charge in [-0.25, -0.2) is 9.97 Å². The third-order valence-corrected chi connectivity index (χ3v) is 3.21. The van der Waals surface area contributed by atoms with E-state index in [0.29, 0.717) is 6.54 Å². The van der Waals surface area contributed by atoms with E-state index in [0.717, 1.165) is 35.7 Å². The second-order valence-corrected chi connectivity index (χ2v) is 4.70. The number of nitrogens with one attached hydrogen (secondary N) is 2. The average Bonchev–Trinajstić information content (AvgIpc) is 2.41. The van der Waals surface area contributed by atoms with E-state index in [4.69, 9.17) is 11.6 Å². The first-order valence-corrected chi connectivity index (χ1v) is 6.42. The van der Waals surface area contributed by atoms with E-state index >= 15 is 0 Å². The van der Waals surface area contributed by atoms with Gasteiger partial charge in [-0.15, -0.1) is 0 Å². The van der Waals surface area contributed by atoms with Gasteiger partial charge >= 0.3 is 0 Å². The number of halogens is 1. The summed E-state index contributed by atoms with van der Waals surface area (Å²) in [4.78, 5) is 8.50. The lowest BCUT2D eigenvalue weighted by Gasteiger charge is -2.19. The molecule has 0 bridgehead atoms. The molecule has 1 aliphatic heterocycles. The third-order valence-electron chi connectivity index (χ3n) is 3.04. The fraction of sp³-hybridized carbons (Fsp3) is 0.231. The van der Waals surface area contributed by atoms with Gasteiger partial charge in [-0.1, -0.05) is 0 Å². The quantitative estimate of drug-likeness (QED) is 0.580. The Bertz CT molecular complexity index is 600. The monoisotopic (exact) mass is 276 g/mol. The number of nitrogens with zero attached hydrogens (tertiary/aromatic N) is 2. The molecular weight excluding hydrogens is 264 g/mol. The number of phenols is 1. The first kappa shape index (κ1) is 12.2. The Hall–Kier alpha value is -1.85. The summed E-state index contributed by atoms with van der Waals surface area (Å²) in [5, 5.41) is 16.0. The summed E-state index contributed by atoms with van der Waals surface area (Å²) < 4.78 is 0. The van der Waals surface area contributed by atoms with E-state index in [1.165, 1.54) is 0 Å². The normalized spacial score (nSPS) is 13.9. The molecule has 1 aromatic heterocycles. The Morgan fingerprint density at radius 1 is 1.21 bits per heavy atom. The van der Waals surface area contributed by atoms with Crippen molar-refractivity contribution in [3.63, 3.8) is 0 Å². The van der Waals surface area contributed by atoms with Gasteiger partial charge in [0.2, 0.25) is 5.28 Å². The van der Waals surface area contributed by atoms with Crippen LogP contribution in [0.25, 0.3) is 0 Å². The van der Waals surface area contributed by atoms with E-state index in [2.05, 4.69) is 20.6 Å². The first-order chi connectivity index (χ1) is 9.22. The zero-order valence-electron chi connectivity index (χ0n) is 10.2. The van der Waals surface area contributed by atoms with Crippen LogP contribution in [0.2, 0.25) is 5.28 Å². The number of aromatic hydroxyl groups is 1. The molecule has 6 heteroatoms. The van der Waals surface area contributed by atoms with Crippen molar-refractivity contribution in [1.29, 1.82) is 0 Å². The van der Waals surface area contributed by atoms with Gasteiger partial charge in [-0.3, -0.25) is 0 Å². The second kappa shape index (κ2) is 5.03. The lowest BCUT2D eigenvalue weighted by Crippen LogP contribution is -2.26. The summed E-state index contributed by atoms with van der Waals surface area (Å²) in [6.07, 6.45) is 0.868. The molecule has 0 aliphatic carbocycles. The highest BCUT2D eigenvalue weighted by atomic mass is 35.5. The highest BCUT2D eigenvalue weighted by Gasteiger charge is 2.17. The predicted molar refractivity (Wildman–Crippen MR) is 73.8 cm³/mol. The molecule has 1 aliphatic rings. The molecule has 0 amide bonds. The number of fused-ring (bicyclic) bond motifs is 1. The molecule has 3 N–H and O–H groups in total. The number of rotatable bonds is 2. The Balaban J connectivity index is 1.95. The topological polar surface area (TPSA) is 70.1 Å². The maximum absolute atomic E-state index is 9.28. The molecule has 0 saturated heterocycles. The minimum absolute atomic E-state index is 0.234. The van der Waals surface area contributed by atoms with Crippen LogP contribution in [-0.2, 0) is 13.0 Å². The zero-order chi connectivity index (χ0) is 13.2. The molecule has 0 radical (unpaired) electrons. The fourth-order valence-corrected chi connectivity index (χ4v) is 2.30. The van der Waals surface area contributed by atoms with E-state index in [1.807, 2.05) is 0 Å².